The van der Waals surface area contributed by atoms with Crippen molar-refractivity contribution < 1.29 is 14.3 Å². The minimum atomic E-state index is -0.134. The van der Waals surface area contributed by atoms with Crippen LogP contribution in [0.25, 0.3) is 0 Å². The molecule has 1 N–H and O–H groups in total. The van der Waals surface area contributed by atoms with Gasteiger partial charge in [0.2, 0.25) is 0 Å². The molecule has 1 amide bonds. The summed E-state index contributed by atoms with van der Waals surface area (Å²) in [7, 11) is 0. The first-order chi connectivity index (χ1) is 9.56. The predicted molar refractivity (Wildman–Crippen MR) is 78.4 cm³/mol. The molecule has 0 bridgehead atoms. The number of hydrogen-bond acceptors (Lipinski definition) is 3. The summed E-state index contributed by atoms with van der Waals surface area (Å²) in [6.07, 6.45) is 2.23. The first-order valence-electron chi connectivity index (χ1n) is 6.84. The molecule has 0 spiro atoms. The minimum Gasteiger partial charge on any atom is -0.484 e. The third kappa shape index (κ3) is 4.12. The van der Waals surface area contributed by atoms with Crippen LogP contribution in [-0.4, -0.2) is 31.8 Å². The number of benzene rings is 1. The van der Waals surface area contributed by atoms with Gasteiger partial charge in [0, 0.05) is 18.2 Å². The normalized spacial score (nSPS) is 18.1. The number of rotatable bonds is 5. The summed E-state index contributed by atoms with van der Waals surface area (Å²) >= 11 is 6.09. The Morgan fingerprint density at radius 2 is 2.15 bits per heavy atom. The second kappa shape index (κ2) is 6.95. The summed E-state index contributed by atoms with van der Waals surface area (Å²) in [6.45, 7) is 5.19. The number of hydrogen-bond donors (Lipinski definition) is 1. The van der Waals surface area contributed by atoms with Crippen LogP contribution >= 0.6 is 11.6 Å². The quantitative estimate of drug-likeness (QED) is 0.909. The average Bonchev–Trinajstić information content (AvgIpc) is 2.93. The summed E-state index contributed by atoms with van der Waals surface area (Å²) in [5.41, 5.74) is 1.89. The van der Waals surface area contributed by atoms with E-state index in [-0.39, 0.29) is 18.6 Å². The van der Waals surface area contributed by atoms with E-state index in [1.807, 2.05) is 26.0 Å². The van der Waals surface area contributed by atoms with Crippen molar-refractivity contribution in [2.75, 3.05) is 19.8 Å². The number of aryl methyl sites for hydroxylation is 2. The van der Waals surface area contributed by atoms with E-state index in [1.165, 1.54) is 0 Å². The molecule has 4 nitrogen and oxygen atoms in total. The van der Waals surface area contributed by atoms with Gasteiger partial charge in [-0.3, -0.25) is 4.79 Å². The lowest BCUT2D eigenvalue weighted by molar-refractivity contribution is -0.123. The zero-order chi connectivity index (χ0) is 14.5. The third-order valence-electron chi connectivity index (χ3n) is 3.33. The molecule has 1 aromatic carbocycles. The van der Waals surface area contributed by atoms with Gasteiger partial charge in [-0.25, -0.2) is 0 Å². The minimum absolute atomic E-state index is 0.00717. The molecular weight excluding hydrogens is 278 g/mol. The lowest BCUT2D eigenvalue weighted by Gasteiger charge is -2.12. The van der Waals surface area contributed by atoms with E-state index in [2.05, 4.69) is 5.32 Å². The highest BCUT2D eigenvalue weighted by Gasteiger charge is 2.16. The van der Waals surface area contributed by atoms with Gasteiger partial charge < -0.3 is 14.8 Å². The molecule has 0 unspecified atom stereocenters. The SMILES string of the molecule is Cc1cc(OCC(=O)NC[C@@H]2CCCO2)cc(C)c1Cl. The Balaban J connectivity index is 1.78. The summed E-state index contributed by atoms with van der Waals surface area (Å²) in [5, 5.41) is 3.56. The van der Waals surface area contributed by atoms with Crippen molar-refractivity contribution in [2.24, 2.45) is 0 Å². The second-order valence-electron chi connectivity index (χ2n) is 5.10. The molecule has 1 atom stereocenters. The van der Waals surface area contributed by atoms with E-state index in [0.717, 1.165) is 35.6 Å². The van der Waals surface area contributed by atoms with Crippen LogP contribution in [0.4, 0.5) is 0 Å². The molecular formula is C15H20ClNO3. The molecule has 2 rings (SSSR count). The van der Waals surface area contributed by atoms with Gasteiger partial charge in [-0.2, -0.15) is 0 Å². The molecule has 0 aromatic heterocycles. The highest BCUT2D eigenvalue weighted by Crippen LogP contribution is 2.25. The van der Waals surface area contributed by atoms with Gasteiger partial charge in [0.1, 0.15) is 5.75 Å². The van der Waals surface area contributed by atoms with Crippen LogP contribution in [0, 0.1) is 13.8 Å². The molecule has 1 heterocycles. The number of nitrogens with one attached hydrogen (secondary N) is 1. The largest absolute Gasteiger partial charge is 0.484 e. The van der Waals surface area contributed by atoms with Crippen molar-refractivity contribution in [3.63, 3.8) is 0 Å². The van der Waals surface area contributed by atoms with Crippen LogP contribution in [0.5, 0.6) is 5.75 Å². The van der Waals surface area contributed by atoms with Crippen molar-refractivity contribution in [3.05, 3.63) is 28.3 Å². The molecule has 0 saturated carbocycles. The maximum atomic E-state index is 11.7. The van der Waals surface area contributed by atoms with Crippen LogP contribution in [0.1, 0.15) is 24.0 Å². The highest BCUT2D eigenvalue weighted by atomic mass is 35.5. The molecule has 0 radical (unpaired) electrons. The van der Waals surface area contributed by atoms with Crippen LogP contribution in [-0.2, 0) is 9.53 Å². The molecule has 1 aliphatic heterocycles. The van der Waals surface area contributed by atoms with Crippen LogP contribution in [0.15, 0.2) is 12.1 Å². The first-order valence-corrected chi connectivity index (χ1v) is 7.22. The highest BCUT2D eigenvalue weighted by molar-refractivity contribution is 6.32. The summed E-state index contributed by atoms with van der Waals surface area (Å²) in [4.78, 5) is 11.7. The number of carbonyl (C=O) groups excluding carboxylic acids is 1. The van der Waals surface area contributed by atoms with Gasteiger partial charge in [0.25, 0.3) is 5.91 Å². The molecule has 1 fully saturated rings. The topological polar surface area (TPSA) is 47.6 Å². The van der Waals surface area contributed by atoms with Gasteiger partial charge >= 0.3 is 0 Å². The lowest BCUT2D eigenvalue weighted by atomic mass is 10.1. The molecule has 1 aromatic rings. The fraction of sp³-hybridized carbons (Fsp3) is 0.533. The molecule has 20 heavy (non-hydrogen) atoms. The number of halogens is 1. The predicted octanol–water partition coefficient (Wildman–Crippen LogP) is 2.63. The van der Waals surface area contributed by atoms with Gasteiger partial charge in [-0.1, -0.05) is 11.6 Å². The van der Waals surface area contributed by atoms with Crippen LogP contribution in [0.3, 0.4) is 0 Å². The van der Waals surface area contributed by atoms with E-state index < -0.39 is 0 Å². The number of amides is 1. The smallest absolute Gasteiger partial charge is 0.258 e. The van der Waals surface area contributed by atoms with Crippen molar-refractivity contribution in [1.82, 2.24) is 5.32 Å². The number of carbonyl (C=O) groups is 1. The fourth-order valence-electron chi connectivity index (χ4n) is 2.22. The van der Waals surface area contributed by atoms with Gasteiger partial charge in [-0.15, -0.1) is 0 Å². The zero-order valence-corrected chi connectivity index (χ0v) is 12.6. The Morgan fingerprint density at radius 3 is 2.75 bits per heavy atom. The standard InChI is InChI=1S/C15H20ClNO3/c1-10-6-13(7-11(2)15(10)16)20-9-14(18)17-8-12-4-3-5-19-12/h6-7,12H,3-5,8-9H2,1-2H3,(H,17,18)/t12-/m0/s1. The fourth-order valence-corrected chi connectivity index (χ4v) is 2.33. The molecule has 5 heteroatoms. The average molecular weight is 298 g/mol. The summed E-state index contributed by atoms with van der Waals surface area (Å²) < 4.78 is 10.9. The Bertz CT molecular complexity index is 461. The van der Waals surface area contributed by atoms with Gasteiger partial charge in [0.05, 0.1) is 6.10 Å². The Labute approximate surface area is 124 Å². The van der Waals surface area contributed by atoms with Crippen molar-refractivity contribution in [3.8, 4) is 5.75 Å². The van der Waals surface area contributed by atoms with Crippen molar-refractivity contribution >= 4 is 17.5 Å². The summed E-state index contributed by atoms with van der Waals surface area (Å²) in [5.74, 6) is 0.530. The van der Waals surface area contributed by atoms with E-state index in [0.29, 0.717) is 12.3 Å². The van der Waals surface area contributed by atoms with Gasteiger partial charge in [0.15, 0.2) is 6.61 Å². The van der Waals surface area contributed by atoms with Crippen molar-refractivity contribution in [1.29, 1.82) is 0 Å². The molecule has 1 aliphatic rings. The molecule has 0 aliphatic carbocycles. The maximum absolute atomic E-state index is 11.7. The van der Waals surface area contributed by atoms with E-state index in [9.17, 15) is 4.79 Å². The maximum Gasteiger partial charge on any atom is 0.258 e. The van der Waals surface area contributed by atoms with E-state index >= 15 is 0 Å². The second-order valence-corrected chi connectivity index (χ2v) is 5.48. The lowest BCUT2D eigenvalue weighted by Crippen LogP contribution is -2.35. The van der Waals surface area contributed by atoms with Crippen LogP contribution < -0.4 is 10.1 Å². The Morgan fingerprint density at radius 1 is 1.45 bits per heavy atom. The Hall–Kier alpha value is -1.26. The monoisotopic (exact) mass is 297 g/mol. The zero-order valence-electron chi connectivity index (χ0n) is 11.9. The van der Waals surface area contributed by atoms with Crippen molar-refractivity contribution in [2.45, 2.75) is 32.8 Å². The number of ether oxygens (including phenoxy) is 2. The third-order valence-corrected chi connectivity index (χ3v) is 3.93. The first kappa shape index (κ1) is 15.1. The van der Waals surface area contributed by atoms with E-state index in [1.54, 1.807) is 0 Å². The van der Waals surface area contributed by atoms with E-state index in [4.69, 9.17) is 21.1 Å². The Kier molecular flexibility index (Phi) is 5.26. The summed E-state index contributed by atoms with van der Waals surface area (Å²) in [6, 6.07) is 3.67. The van der Waals surface area contributed by atoms with Crippen LogP contribution in [0.2, 0.25) is 5.02 Å². The molecule has 110 valence electrons. The van der Waals surface area contributed by atoms with Gasteiger partial charge in [-0.05, 0) is 49.9 Å². The molecule has 1 saturated heterocycles.